The minimum atomic E-state index is -0.209. The van der Waals surface area contributed by atoms with Crippen LogP contribution in [0.2, 0.25) is 0 Å². The minimum absolute atomic E-state index is 0. The van der Waals surface area contributed by atoms with Gasteiger partial charge >= 0.3 is 0 Å². The summed E-state index contributed by atoms with van der Waals surface area (Å²) in [5.41, 5.74) is 2.15. The Balaban J connectivity index is 0.00000289. The van der Waals surface area contributed by atoms with Gasteiger partial charge in [0.25, 0.3) is 0 Å². The first-order valence-corrected chi connectivity index (χ1v) is 11.2. The largest absolute Gasteiger partial charge is 0.493 e. The third-order valence-electron chi connectivity index (χ3n) is 6.31. The van der Waals surface area contributed by atoms with Gasteiger partial charge in [-0.2, -0.15) is 0 Å². The third kappa shape index (κ3) is 6.57. The molecule has 7 heteroatoms. The van der Waals surface area contributed by atoms with Crippen LogP contribution in [0.15, 0.2) is 53.5 Å². The Morgan fingerprint density at radius 1 is 1.09 bits per heavy atom. The van der Waals surface area contributed by atoms with Crippen LogP contribution in [0.5, 0.6) is 5.75 Å². The Morgan fingerprint density at radius 3 is 2.50 bits per heavy atom. The summed E-state index contributed by atoms with van der Waals surface area (Å²) in [7, 11) is 1.78. The predicted molar refractivity (Wildman–Crippen MR) is 136 cm³/mol. The summed E-state index contributed by atoms with van der Waals surface area (Å²) in [5.74, 6) is 2.19. The zero-order valence-electron chi connectivity index (χ0n) is 18.6. The van der Waals surface area contributed by atoms with Gasteiger partial charge in [-0.3, -0.25) is 4.99 Å². The van der Waals surface area contributed by atoms with E-state index in [1.165, 1.54) is 25.0 Å². The number of benzene rings is 2. The van der Waals surface area contributed by atoms with Gasteiger partial charge in [0.15, 0.2) is 5.96 Å². The topological polar surface area (TPSA) is 54.9 Å². The highest BCUT2D eigenvalue weighted by Gasteiger charge is 2.34. The number of rotatable bonds is 8. The molecule has 1 saturated heterocycles. The summed E-state index contributed by atoms with van der Waals surface area (Å²) in [4.78, 5) is 4.40. The second kappa shape index (κ2) is 11.8. The fourth-order valence-electron chi connectivity index (χ4n) is 4.07. The molecule has 1 aliphatic heterocycles. The lowest BCUT2D eigenvalue weighted by Crippen LogP contribution is -2.47. The number of nitrogens with one attached hydrogen (secondary N) is 2. The minimum Gasteiger partial charge on any atom is -0.493 e. The van der Waals surface area contributed by atoms with Crippen molar-refractivity contribution in [2.24, 2.45) is 10.9 Å². The molecule has 2 aromatic carbocycles. The zero-order valence-corrected chi connectivity index (χ0v) is 20.9. The maximum Gasteiger partial charge on any atom is 0.191 e. The van der Waals surface area contributed by atoms with E-state index in [4.69, 9.17) is 9.47 Å². The molecule has 1 aliphatic carbocycles. The summed E-state index contributed by atoms with van der Waals surface area (Å²) < 4.78 is 25.1. The maximum absolute atomic E-state index is 13.5. The maximum atomic E-state index is 13.5. The summed E-state index contributed by atoms with van der Waals surface area (Å²) in [6.45, 7) is 3.55. The lowest BCUT2D eigenvalue weighted by atomic mass is 9.74. The fraction of sp³-hybridized carbons (Fsp3) is 0.480. The molecule has 0 radical (unpaired) electrons. The van der Waals surface area contributed by atoms with Crippen LogP contribution in [0.25, 0.3) is 0 Å². The normalized spacial score (nSPS) is 17.9. The van der Waals surface area contributed by atoms with Crippen LogP contribution in [-0.4, -0.2) is 39.4 Å². The molecule has 32 heavy (non-hydrogen) atoms. The molecule has 2 N–H and O–H groups in total. The first-order valence-electron chi connectivity index (χ1n) is 11.2. The highest BCUT2D eigenvalue weighted by molar-refractivity contribution is 14.0. The molecule has 174 valence electrons. The molecule has 4 rings (SSSR count). The number of nitrogens with zero attached hydrogens (tertiary/aromatic N) is 1. The molecule has 0 amide bonds. The van der Waals surface area contributed by atoms with Gasteiger partial charge in [0.1, 0.15) is 11.6 Å². The van der Waals surface area contributed by atoms with Crippen LogP contribution in [0.1, 0.15) is 36.8 Å². The smallest absolute Gasteiger partial charge is 0.191 e. The highest BCUT2D eigenvalue weighted by Crippen LogP contribution is 2.34. The van der Waals surface area contributed by atoms with Gasteiger partial charge < -0.3 is 20.1 Å². The second-order valence-corrected chi connectivity index (χ2v) is 8.54. The standard InChI is InChI=1S/C25H32FN3O2.HI/c1-27-24(28-16-20-4-2-3-5-23(20)31-17-19-6-7-19)29-18-25(12-14-30-15-13-25)21-8-10-22(26)11-9-21;/h2-5,8-11,19H,6-7,12-18H2,1H3,(H2,27,28,29);1H. The number of para-hydroxylation sites is 1. The lowest BCUT2D eigenvalue weighted by molar-refractivity contribution is 0.0513. The molecule has 0 aromatic heterocycles. The van der Waals surface area contributed by atoms with Crippen LogP contribution < -0.4 is 15.4 Å². The molecule has 0 spiro atoms. The molecule has 0 bridgehead atoms. The second-order valence-electron chi connectivity index (χ2n) is 8.54. The summed E-state index contributed by atoms with van der Waals surface area (Å²) in [6.07, 6.45) is 4.33. The Labute approximate surface area is 207 Å². The molecule has 2 aliphatic rings. The first kappa shape index (κ1) is 24.8. The molecule has 0 atom stereocenters. The zero-order chi connectivity index (χ0) is 21.5. The van der Waals surface area contributed by atoms with E-state index in [1.807, 2.05) is 30.3 Å². The highest BCUT2D eigenvalue weighted by atomic mass is 127. The van der Waals surface area contributed by atoms with Gasteiger partial charge in [0.2, 0.25) is 0 Å². The molecule has 1 saturated carbocycles. The van der Waals surface area contributed by atoms with Gasteiger partial charge in [0.05, 0.1) is 6.61 Å². The predicted octanol–water partition coefficient (Wildman–Crippen LogP) is 4.65. The number of aliphatic imine (C=N–C) groups is 1. The van der Waals surface area contributed by atoms with Crippen LogP contribution in [0.4, 0.5) is 4.39 Å². The van der Waals surface area contributed by atoms with E-state index in [1.54, 1.807) is 7.05 Å². The van der Waals surface area contributed by atoms with Gasteiger partial charge in [-0.1, -0.05) is 30.3 Å². The number of hydrogen-bond donors (Lipinski definition) is 2. The first-order chi connectivity index (χ1) is 15.2. The number of guanidine groups is 1. The molecule has 2 aromatic rings. The molecular weight excluding hydrogens is 520 g/mol. The van der Waals surface area contributed by atoms with Gasteiger partial charge in [-0.05, 0) is 55.4 Å². The number of halogens is 2. The molecule has 2 fully saturated rings. The van der Waals surface area contributed by atoms with Crippen molar-refractivity contribution in [2.45, 2.75) is 37.6 Å². The Kier molecular flexibility index (Phi) is 9.16. The summed E-state index contributed by atoms with van der Waals surface area (Å²) in [5, 5.41) is 6.91. The van der Waals surface area contributed by atoms with Crippen molar-refractivity contribution < 1.29 is 13.9 Å². The third-order valence-corrected chi connectivity index (χ3v) is 6.31. The van der Waals surface area contributed by atoms with Gasteiger partial charge in [-0.15, -0.1) is 24.0 Å². The van der Waals surface area contributed by atoms with Crippen LogP contribution >= 0.6 is 24.0 Å². The number of hydrogen-bond acceptors (Lipinski definition) is 3. The van der Waals surface area contributed by atoms with E-state index in [0.29, 0.717) is 26.3 Å². The van der Waals surface area contributed by atoms with Gasteiger partial charge in [0, 0.05) is 44.3 Å². The van der Waals surface area contributed by atoms with E-state index in [-0.39, 0.29) is 35.2 Å². The SMILES string of the molecule is CN=C(NCc1ccccc1OCC1CC1)NCC1(c2ccc(F)cc2)CCOCC1.I. The van der Waals surface area contributed by atoms with Crippen molar-refractivity contribution in [1.29, 1.82) is 0 Å². The van der Waals surface area contributed by atoms with Gasteiger partial charge in [-0.25, -0.2) is 4.39 Å². The van der Waals surface area contributed by atoms with Crippen molar-refractivity contribution in [3.8, 4) is 5.75 Å². The van der Waals surface area contributed by atoms with Crippen molar-refractivity contribution in [3.05, 3.63) is 65.5 Å². The van der Waals surface area contributed by atoms with Crippen LogP contribution in [0, 0.1) is 11.7 Å². The molecule has 0 unspecified atom stereocenters. The number of ether oxygens (including phenoxy) is 2. The quantitative estimate of drug-likeness (QED) is 0.284. The Bertz CT molecular complexity index is 881. The van der Waals surface area contributed by atoms with E-state index in [0.717, 1.165) is 48.2 Å². The fourth-order valence-corrected chi connectivity index (χ4v) is 4.07. The van der Waals surface area contributed by atoms with Crippen LogP contribution in [-0.2, 0) is 16.7 Å². The van der Waals surface area contributed by atoms with E-state index in [2.05, 4.69) is 21.7 Å². The summed E-state index contributed by atoms with van der Waals surface area (Å²) in [6, 6.07) is 15.0. The van der Waals surface area contributed by atoms with Crippen molar-refractivity contribution in [1.82, 2.24) is 10.6 Å². The van der Waals surface area contributed by atoms with Crippen molar-refractivity contribution in [3.63, 3.8) is 0 Å². The Hall–Kier alpha value is -1.87. The van der Waals surface area contributed by atoms with Crippen molar-refractivity contribution >= 4 is 29.9 Å². The molecule has 5 nitrogen and oxygen atoms in total. The monoisotopic (exact) mass is 553 g/mol. The van der Waals surface area contributed by atoms with Crippen molar-refractivity contribution in [2.75, 3.05) is 33.4 Å². The molecular formula is C25H33FIN3O2. The average molecular weight is 553 g/mol. The lowest BCUT2D eigenvalue weighted by Gasteiger charge is -2.38. The molecule has 1 heterocycles. The van der Waals surface area contributed by atoms with E-state index >= 15 is 0 Å². The van der Waals surface area contributed by atoms with Crippen LogP contribution in [0.3, 0.4) is 0 Å². The van der Waals surface area contributed by atoms with E-state index < -0.39 is 0 Å². The Morgan fingerprint density at radius 2 is 1.81 bits per heavy atom. The summed E-state index contributed by atoms with van der Waals surface area (Å²) >= 11 is 0. The average Bonchev–Trinajstić information content (AvgIpc) is 3.64. The van der Waals surface area contributed by atoms with E-state index in [9.17, 15) is 4.39 Å².